The molecule has 1 aliphatic heterocycles. The minimum absolute atomic E-state index is 1.23. The molecule has 0 saturated carbocycles. The average molecular weight is 292 g/mol. The molecule has 84 valence electrons. The Balaban J connectivity index is 1.92. The second-order valence-corrected chi connectivity index (χ2v) is 16.1. The van der Waals surface area contributed by atoms with E-state index in [2.05, 4.69) is 38.2 Å². The van der Waals surface area contributed by atoms with Crippen molar-refractivity contribution in [2.45, 2.75) is 41.4 Å². The third-order valence-electron chi connectivity index (χ3n) is 4.58. The van der Waals surface area contributed by atoms with Crippen molar-refractivity contribution in [2.24, 2.45) is 0 Å². The summed E-state index contributed by atoms with van der Waals surface area (Å²) in [7, 11) is 0. The Morgan fingerprint density at radius 1 is 1.25 bits per heavy atom. The molecule has 0 radical (unpaired) electrons. The molecular weight excluding hydrogens is 271 g/mol. The van der Waals surface area contributed by atoms with Crippen LogP contribution in [0, 0.1) is 0 Å². The zero-order valence-electron chi connectivity index (χ0n) is 10.3. The summed E-state index contributed by atoms with van der Waals surface area (Å²) >= 11 is -1.89. The zero-order valence-corrected chi connectivity index (χ0v) is 12.8. The first kappa shape index (κ1) is 11.0. The fourth-order valence-electron chi connectivity index (χ4n) is 3.43. The van der Waals surface area contributed by atoms with E-state index in [1.807, 2.05) is 6.56 Å². The molecule has 0 amide bonds. The molecule has 0 unspecified atom stereocenters. The van der Waals surface area contributed by atoms with Gasteiger partial charge in [-0.15, -0.1) is 0 Å². The summed E-state index contributed by atoms with van der Waals surface area (Å²) < 4.78 is 7.02. The first-order valence-corrected chi connectivity index (χ1v) is 12.5. The van der Waals surface area contributed by atoms with Crippen molar-refractivity contribution >= 4 is 0 Å². The number of rotatable bonds is 3. The summed E-state index contributed by atoms with van der Waals surface area (Å²) in [6, 6.07) is 0. The van der Waals surface area contributed by atoms with Crippen LogP contribution in [0.15, 0.2) is 42.0 Å². The topological polar surface area (TPSA) is 0 Å². The van der Waals surface area contributed by atoms with E-state index in [-0.39, 0.29) is 0 Å². The number of hydrogen-bond acceptors (Lipinski definition) is 0. The Morgan fingerprint density at radius 2 is 2.06 bits per heavy atom. The molecule has 0 atom stereocenters. The standard InChI is InChI=1S/C8H11.C5H5.C2H4.Zr/c1-3-8-6-4-5-7(8)2;1-2-4-5-3-1;1-2;/h6H,3-4H2,1-2H3;1-3H,4H2;1-2H2;. The van der Waals surface area contributed by atoms with E-state index in [9.17, 15) is 0 Å². The first-order valence-electron chi connectivity index (χ1n) is 6.54. The molecule has 0 aromatic heterocycles. The third-order valence-corrected chi connectivity index (χ3v) is 16.5. The van der Waals surface area contributed by atoms with Gasteiger partial charge in [0.1, 0.15) is 0 Å². The van der Waals surface area contributed by atoms with E-state index in [1.54, 1.807) is 19.4 Å². The molecule has 0 spiro atoms. The van der Waals surface area contributed by atoms with Crippen LogP contribution in [-0.2, 0) is 20.3 Å². The fourth-order valence-corrected chi connectivity index (χ4v) is 17.3. The van der Waals surface area contributed by atoms with E-state index < -0.39 is 20.3 Å². The molecule has 0 bridgehead atoms. The number of allylic oxidation sites excluding steroid dienone is 8. The van der Waals surface area contributed by atoms with Crippen LogP contribution < -0.4 is 0 Å². The van der Waals surface area contributed by atoms with Gasteiger partial charge in [-0.1, -0.05) is 0 Å². The van der Waals surface area contributed by atoms with Crippen molar-refractivity contribution < 1.29 is 20.3 Å². The molecule has 0 aromatic rings. The summed E-state index contributed by atoms with van der Waals surface area (Å²) in [6.45, 7) is 4.68. The van der Waals surface area contributed by atoms with E-state index in [0.29, 0.717) is 0 Å². The maximum absolute atomic E-state index is 2.50. The molecule has 0 aromatic carbocycles. The molecule has 1 heterocycles. The molecule has 16 heavy (non-hydrogen) atoms. The van der Waals surface area contributed by atoms with Gasteiger partial charge in [-0.05, 0) is 0 Å². The fraction of sp³-hybridized carbons (Fsp3) is 0.467. The van der Waals surface area contributed by atoms with E-state index in [1.165, 1.54) is 19.3 Å². The second kappa shape index (κ2) is 3.95. The van der Waals surface area contributed by atoms with Gasteiger partial charge in [0, 0.05) is 0 Å². The first-order chi connectivity index (χ1) is 7.78. The van der Waals surface area contributed by atoms with Gasteiger partial charge in [0.15, 0.2) is 0 Å². The monoisotopic (exact) mass is 290 g/mol. The molecular formula is C15H20Zr. The van der Waals surface area contributed by atoms with E-state index in [4.69, 9.17) is 0 Å². The van der Waals surface area contributed by atoms with Crippen LogP contribution in [0.1, 0.15) is 33.1 Å². The quantitative estimate of drug-likeness (QED) is 0.697. The van der Waals surface area contributed by atoms with Gasteiger partial charge in [-0.25, -0.2) is 0 Å². The van der Waals surface area contributed by atoms with Crippen LogP contribution >= 0.6 is 0 Å². The summed E-state index contributed by atoms with van der Waals surface area (Å²) in [5.74, 6) is 0. The Labute approximate surface area is 103 Å². The van der Waals surface area contributed by atoms with Gasteiger partial charge in [-0.2, -0.15) is 0 Å². The van der Waals surface area contributed by atoms with Crippen LogP contribution in [-0.4, -0.2) is 0 Å². The molecule has 1 fully saturated rings. The van der Waals surface area contributed by atoms with Gasteiger partial charge in [0.05, 0.1) is 0 Å². The van der Waals surface area contributed by atoms with Crippen LogP contribution in [0.2, 0.25) is 8.26 Å². The van der Waals surface area contributed by atoms with Crippen LogP contribution in [0.3, 0.4) is 0 Å². The summed E-state index contributed by atoms with van der Waals surface area (Å²) in [4.78, 5) is 0. The van der Waals surface area contributed by atoms with Crippen molar-refractivity contribution in [1.82, 2.24) is 0 Å². The minimum atomic E-state index is -1.89. The van der Waals surface area contributed by atoms with Crippen LogP contribution in [0.5, 0.6) is 0 Å². The summed E-state index contributed by atoms with van der Waals surface area (Å²) in [6.07, 6.45) is 13.4. The van der Waals surface area contributed by atoms with Gasteiger partial charge in [0.2, 0.25) is 0 Å². The Kier molecular flexibility index (Phi) is 2.70. The van der Waals surface area contributed by atoms with Crippen molar-refractivity contribution in [3.63, 3.8) is 0 Å². The van der Waals surface area contributed by atoms with Crippen LogP contribution in [0.25, 0.3) is 0 Å². The molecule has 3 aliphatic rings. The molecule has 1 heteroatoms. The normalized spacial score (nSPS) is 26.1. The van der Waals surface area contributed by atoms with Gasteiger partial charge in [-0.3, -0.25) is 0 Å². The average Bonchev–Trinajstić information content (AvgIpc) is 2.79. The van der Waals surface area contributed by atoms with Gasteiger partial charge >= 0.3 is 104 Å². The van der Waals surface area contributed by atoms with Gasteiger partial charge < -0.3 is 0 Å². The summed E-state index contributed by atoms with van der Waals surface area (Å²) in [5, 5.41) is 0. The molecule has 0 nitrogen and oxygen atoms in total. The molecule has 2 aliphatic carbocycles. The predicted octanol–water partition coefficient (Wildman–Crippen LogP) is 4.85. The Hall–Kier alpha value is -0.157. The molecule has 0 N–H and O–H groups in total. The van der Waals surface area contributed by atoms with E-state index >= 15 is 0 Å². The third kappa shape index (κ3) is 1.51. The van der Waals surface area contributed by atoms with E-state index in [0.717, 1.165) is 0 Å². The molecule has 3 rings (SSSR count). The Morgan fingerprint density at radius 3 is 2.56 bits per heavy atom. The Bertz CT molecular complexity index is 442. The van der Waals surface area contributed by atoms with Gasteiger partial charge in [0.25, 0.3) is 0 Å². The maximum atomic E-state index is 2.50. The van der Waals surface area contributed by atoms with Crippen molar-refractivity contribution in [1.29, 1.82) is 0 Å². The van der Waals surface area contributed by atoms with Crippen molar-refractivity contribution in [2.75, 3.05) is 0 Å². The predicted molar refractivity (Wildman–Crippen MR) is 67.1 cm³/mol. The molecule has 1 saturated heterocycles. The van der Waals surface area contributed by atoms with Crippen LogP contribution in [0.4, 0.5) is 0 Å². The second-order valence-electron chi connectivity index (χ2n) is 5.30. The SMILES string of the molecule is CCC1=CC[C]([Zr]2([C]3=CC=CC3)[CH2][CH2]2)=C1C. The number of hydrogen-bond donors (Lipinski definition) is 0. The van der Waals surface area contributed by atoms with Crippen molar-refractivity contribution in [3.05, 3.63) is 42.0 Å². The van der Waals surface area contributed by atoms with Crippen molar-refractivity contribution in [3.8, 4) is 0 Å². The summed E-state index contributed by atoms with van der Waals surface area (Å²) in [5.41, 5.74) is 3.34. The zero-order chi connectivity index (χ0) is 11.2.